The van der Waals surface area contributed by atoms with Crippen molar-refractivity contribution in [1.82, 2.24) is 9.78 Å². The number of methoxy groups -OCH3 is 2. The maximum absolute atomic E-state index is 5.87. The summed E-state index contributed by atoms with van der Waals surface area (Å²) in [7, 11) is 3.33. The fraction of sp³-hybridized carbons (Fsp3) is 0.348. The van der Waals surface area contributed by atoms with Gasteiger partial charge >= 0.3 is 0 Å². The number of anilines is 1. The van der Waals surface area contributed by atoms with Crippen molar-refractivity contribution < 1.29 is 14.2 Å². The molecule has 0 bridgehead atoms. The highest BCUT2D eigenvalue weighted by Crippen LogP contribution is 2.38. The first-order valence-corrected chi connectivity index (χ1v) is 10.1. The van der Waals surface area contributed by atoms with Crippen LogP contribution in [0.25, 0.3) is 16.9 Å². The number of ether oxygens (including phenoxy) is 3. The molecule has 3 aromatic rings. The van der Waals surface area contributed by atoms with Crippen molar-refractivity contribution in [2.75, 3.05) is 32.7 Å². The molecule has 0 saturated carbocycles. The van der Waals surface area contributed by atoms with Crippen LogP contribution in [0.4, 0.5) is 5.82 Å². The molecule has 2 heterocycles. The van der Waals surface area contributed by atoms with E-state index in [0.29, 0.717) is 6.61 Å². The first kappa shape index (κ1) is 19.2. The standard InChI is InChI=1S/C23H27N3O3/c1-4-29-21-11-6-5-10-20(21)26-23-19(9-7-8-12-24-23)22(25-26)16-13-17(27-2)15-18(14-16)28-3/h5-6,10-11,13-15,24H,4,7-9,12H2,1-3H3. The normalized spacial score (nSPS) is 13.2. The number of hydrogen-bond acceptors (Lipinski definition) is 5. The van der Waals surface area contributed by atoms with Crippen molar-refractivity contribution in [3.8, 4) is 34.2 Å². The molecule has 0 fully saturated rings. The molecule has 0 aliphatic carbocycles. The molecule has 0 atom stereocenters. The molecule has 1 aromatic heterocycles. The zero-order chi connectivity index (χ0) is 20.2. The van der Waals surface area contributed by atoms with Crippen LogP contribution < -0.4 is 19.5 Å². The summed E-state index contributed by atoms with van der Waals surface area (Å²) < 4.78 is 18.8. The van der Waals surface area contributed by atoms with E-state index < -0.39 is 0 Å². The Labute approximate surface area is 171 Å². The summed E-state index contributed by atoms with van der Waals surface area (Å²) in [6, 6.07) is 13.9. The molecule has 0 radical (unpaired) electrons. The fourth-order valence-electron chi connectivity index (χ4n) is 3.76. The minimum atomic E-state index is 0.605. The summed E-state index contributed by atoms with van der Waals surface area (Å²) >= 11 is 0. The van der Waals surface area contributed by atoms with Gasteiger partial charge in [-0.3, -0.25) is 0 Å². The van der Waals surface area contributed by atoms with E-state index in [2.05, 4.69) is 5.32 Å². The van der Waals surface area contributed by atoms with Gasteiger partial charge in [0, 0.05) is 23.7 Å². The van der Waals surface area contributed by atoms with Crippen LogP contribution in [-0.2, 0) is 6.42 Å². The van der Waals surface area contributed by atoms with Gasteiger partial charge in [-0.05, 0) is 50.5 Å². The Morgan fingerprint density at radius 1 is 1.03 bits per heavy atom. The molecule has 29 heavy (non-hydrogen) atoms. The number of hydrogen-bond donors (Lipinski definition) is 1. The monoisotopic (exact) mass is 393 g/mol. The second kappa shape index (κ2) is 8.47. The fourth-order valence-corrected chi connectivity index (χ4v) is 3.76. The number of aromatic nitrogens is 2. The lowest BCUT2D eigenvalue weighted by Gasteiger charge is -2.13. The SMILES string of the molecule is CCOc1ccccc1-n1nc(-c2cc(OC)cc(OC)c2)c2c1NCCCC2. The van der Waals surface area contributed by atoms with Gasteiger partial charge in [-0.1, -0.05) is 12.1 Å². The maximum atomic E-state index is 5.87. The van der Waals surface area contributed by atoms with Crippen LogP contribution in [0.3, 0.4) is 0 Å². The van der Waals surface area contributed by atoms with Gasteiger partial charge in [-0.15, -0.1) is 0 Å². The van der Waals surface area contributed by atoms with E-state index in [1.54, 1.807) is 14.2 Å². The highest BCUT2D eigenvalue weighted by molar-refractivity contribution is 5.74. The molecule has 6 heteroatoms. The van der Waals surface area contributed by atoms with Crippen LogP contribution in [0.2, 0.25) is 0 Å². The summed E-state index contributed by atoms with van der Waals surface area (Å²) in [4.78, 5) is 0. The summed E-state index contributed by atoms with van der Waals surface area (Å²) in [5.41, 5.74) is 4.07. The largest absolute Gasteiger partial charge is 0.497 e. The number of benzene rings is 2. The van der Waals surface area contributed by atoms with Gasteiger partial charge in [0.05, 0.1) is 26.5 Å². The van der Waals surface area contributed by atoms with Crippen LogP contribution in [0.5, 0.6) is 17.2 Å². The predicted octanol–water partition coefficient (Wildman–Crippen LogP) is 4.70. The van der Waals surface area contributed by atoms with E-state index in [1.807, 2.05) is 54.1 Å². The molecule has 1 aliphatic heterocycles. The lowest BCUT2D eigenvalue weighted by molar-refractivity contribution is 0.338. The second-order valence-electron chi connectivity index (χ2n) is 6.97. The summed E-state index contributed by atoms with van der Waals surface area (Å²) in [5.74, 6) is 3.35. The molecule has 4 rings (SSSR count). The van der Waals surface area contributed by atoms with Crippen molar-refractivity contribution in [3.05, 3.63) is 48.0 Å². The van der Waals surface area contributed by atoms with Gasteiger partial charge in [-0.25, -0.2) is 4.68 Å². The number of rotatable bonds is 6. The van der Waals surface area contributed by atoms with E-state index >= 15 is 0 Å². The Balaban J connectivity index is 1.92. The molecule has 0 spiro atoms. The van der Waals surface area contributed by atoms with Crippen LogP contribution in [0, 0.1) is 0 Å². The van der Waals surface area contributed by atoms with Crippen LogP contribution in [0.15, 0.2) is 42.5 Å². The first-order valence-electron chi connectivity index (χ1n) is 10.1. The minimum absolute atomic E-state index is 0.605. The van der Waals surface area contributed by atoms with Crippen molar-refractivity contribution in [2.24, 2.45) is 0 Å². The Morgan fingerprint density at radius 2 is 1.79 bits per heavy atom. The number of para-hydroxylation sites is 2. The molecular weight excluding hydrogens is 366 g/mol. The molecular formula is C23H27N3O3. The molecule has 1 aliphatic rings. The Bertz CT molecular complexity index is 975. The van der Waals surface area contributed by atoms with Crippen LogP contribution in [0.1, 0.15) is 25.3 Å². The summed E-state index contributed by atoms with van der Waals surface area (Å²) in [6.45, 7) is 3.52. The molecule has 2 aromatic carbocycles. The third-order valence-corrected chi connectivity index (χ3v) is 5.15. The smallest absolute Gasteiger partial charge is 0.145 e. The highest BCUT2D eigenvalue weighted by atomic mass is 16.5. The van der Waals surface area contributed by atoms with E-state index in [-0.39, 0.29) is 0 Å². The van der Waals surface area contributed by atoms with Crippen LogP contribution >= 0.6 is 0 Å². The molecule has 0 saturated heterocycles. The molecule has 1 N–H and O–H groups in total. The van der Waals surface area contributed by atoms with Crippen molar-refractivity contribution >= 4 is 5.82 Å². The lowest BCUT2D eigenvalue weighted by atomic mass is 10.0. The molecule has 0 unspecified atom stereocenters. The zero-order valence-corrected chi connectivity index (χ0v) is 17.2. The van der Waals surface area contributed by atoms with Crippen molar-refractivity contribution in [1.29, 1.82) is 0 Å². The van der Waals surface area contributed by atoms with Gasteiger partial charge in [0.25, 0.3) is 0 Å². The van der Waals surface area contributed by atoms with Gasteiger partial charge < -0.3 is 19.5 Å². The van der Waals surface area contributed by atoms with E-state index in [1.165, 1.54) is 5.56 Å². The maximum Gasteiger partial charge on any atom is 0.145 e. The second-order valence-corrected chi connectivity index (χ2v) is 6.97. The molecule has 6 nitrogen and oxygen atoms in total. The van der Waals surface area contributed by atoms with Crippen molar-refractivity contribution in [2.45, 2.75) is 26.2 Å². The number of nitrogens with zero attached hydrogens (tertiary/aromatic N) is 2. The third kappa shape index (κ3) is 3.75. The Hall–Kier alpha value is -3.15. The topological polar surface area (TPSA) is 57.5 Å². The van der Waals surface area contributed by atoms with E-state index in [9.17, 15) is 0 Å². The molecule has 0 amide bonds. The molecule has 152 valence electrons. The van der Waals surface area contributed by atoms with Gasteiger partial charge in [-0.2, -0.15) is 5.10 Å². The van der Waals surface area contributed by atoms with E-state index in [4.69, 9.17) is 19.3 Å². The number of fused-ring (bicyclic) bond motifs is 1. The first-order chi connectivity index (χ1) is 14.2. The lowest BCUT2D eigenvalue weighted by Crippen LogP contribution is -2.08. The van der Waals surface area contributed by atoms with E-state index in [0.717, 1.165) is 65.8 Å². The van der Waals surface area contributed by atoms with Gasteiger partial charge in [0.2, 0.25) is 0 Å². The summed E-state index contributed by atoms with van der Waals surface area (Å²) in [6.07, 6.45) is 3.21. The average Bonchev–Trinajstić information content (AvgIpc) is 2.94. The number of nitrogens with one attached hydrogen (secondary N) is 1. The summed E-state index contributed by atoms with van der Waals surface area (Å²) in [5, 5.41) is 8.62. The average molecular weight is 393 g/mol. The van der Waals surface area contributed by atoms with Gasteiger partial charge in [0.1, 0.15) is 28.8 Å². The minimum Gasteiger partial charge on any atom is -0.497 e. The zero-order valence-electron chi connectivity index (χ0n) is 17.2. The van der Waals surface area contributed by atoms with Crippen molar-refractivity contribution in [3.63, 3.8) is 0 Å². The quantitative estimate of drug-likeness (QED) is 0.658. The van der Waals surface area contributed by atoms with Gasteiger partial charge in [0.15, 0.2) is 0 Å². The predicted molar refractivity (Wildman–Crippen MR) is 115 cm³/mol. The van der Waals surface area contributed by atoms with Crippen LogP contribution in [-0.4, -0.2) is 37.2 Å². The third-order valence-electron chi connectivity index (χ3n) is 5.15. The Kier molecular flexibility index (Phi) is 5.60. The highest BCUT2D eigenvalue weighted by Gasteiger charge is 2.23. The Morgan fingerprint density at radius 3 is 2.52 bits per heavy atom.